The molecule has 0 fully saturated rings. The molecule has 2 aromatic rings. The molecule has 0 saturated carbocycles. The van der Waals surface area contributed by atoms with Gasteiger partial charge in [0.25, 0.3) is 0 Å². The molecule has 0 aliphatic rings. The molecule has 1 N–H and O–H groups in total. The quantitative estimate of drug-likeness (QED) is 0.926. The summed E-state index contributed by atoms with van der Waals surface area (Å²) in [6.07, 6.45) is 0. The van der Waals surface area contributed by atoms with Gasteiger partial charge in [-0.1, -0.05) is 0 Å². The Morgan fingerprint density at radius 1 is 1.30 bits per heavy atom. The minimum absolute atomic E-state index is 0.120. The summed E-state index contributed by atoms with van der Waals surface area (Å²) in [5.74, 6) is -0.0912. The first kappa shape index (κ1) is 14.1. The van der Waals surface area contributed by atoms with Crippen LogP contribution in [0.4, 0.5) is 0 Å². The average Bonchev–Trinajstić information content (AvgIpc) is 2.76. The molecule has 0 amide bonds. The van der Waals surface area contributed by atoms with Gasteiger partial charge < -0.3 is 14.3 Å². The van der Waals surface area contributed by atoms with Crippen molar-refractivity contribution < 1.29 is 19.1 Å². The first-order valence-electron chi connectivity index (χ1n) is 6.39. The van der Waals surface area contributed by atoms with Crippen LogP contribution in [-0.2, 0) is 0 Å². The maximum atomic E-state index is 11.0. The molecule has 1 aromatic heterocycles. The van der Waals surface area contributed by atoms with E-state index in [0.717, 1.165) is 22.4 Å². The molecule has 0 unspecified atom stereocenters. The summed E-state index contributed by atoms with van der Waals surface area (Å²) in [5, 5.41) is 9.01. The Balaban J connectivity index is 2.50. The van der Waals surface area contributed by atoms with Crippen LogP contribution in [0.25, 0.3) is 11.5 Å². The summed E-state index contributed by atoms with van der Waals surface area (Å²) in [7, 11) is 0. The maximum absolute atomic E-state index is 11.0. The molecule has 0 aliphatic carbocycles. The molecule has 0 spiro atoms. The highest BCUT2D eigenvalue weighted by atomic mass is 16.5. The van der Waals surface area contributed by atoms with Gasteiger partial charge >= 0.3 is 5.97 Å². The van der Waals surface area contributed by atoms with E-state index in [0.29, 0.717) is 18.2 Å². The lowest BCUT2D eigenvalue weighted by molar-refractivity contribution is 0.0662. The monoisotopic (exact) mass is 275 g/mol. The maximum Gasteiger partial charge on any atom is 0.373 e. The number of carboxylic acids is 1. The minimum atomic E-state index is -1.11. The molecule has 0 bridgehead atoms. The first-order valence-corrected chi connectivity index (χ1v) is 6.39. The van der Waals surface area contributed by atoms with Gasteiger partial charge in [-0.05, 0) is 51.0 Å². The van der Waals surface area contributed by atoms with Crippen molar-refractivity contribution >= 4 is 5.97 Å². The second kappa shape index (κ2) is 5.36. The van der Waals surface area contributed by atoms with Crippen molar-refractivity contribution in [3.63, 3.8) is 0 Å². The number of oxazole rings is 1. The number of aromatic carboxylic acids is 1. The fourth-order valence-electron chi connectivity index (χ4n) is 2.04. The van der Waals surface area contributed by atoms with Crippen molar-refractivity contribution in [1.82, 2.24) is 4.98 Å². The molecule has 0 aliphatic heterocycles. The van der Waals surface area contributed by atoms with E-state index in [9.17, 15) is 4.79 Å². The third-order valence-corrected chi connectivity index (χ3v) is 3.04. The summed E-state index contributed by atoms with van der Waals surface area (Å²) in [6.45, 7) is 7.99. The first-order chi connectivity index (χ1) is 9.43. The van der Waals surface area contributed by atoms with Crippen molar-refractivity contribution in [2.24, 2.45) is 0 Å². The fraction of sp³-hybridized carbons (Fsp3) is 0.333. The van der Waals surface area contributed by atoms with E-state index in [2.05, 4.69) is 4.98 Å². The highest BCUT2D eigenvalue weighted by molar-refractivity contribution is 5.86. The van der Waals surface area contributed by atoms with Crippen molar-refractivity contribution in [3.05, 3.63) is 34.7 Å². The van der Waals surface area contributed by atoms with Crippen LogP contribution >= 0.6 is 0 Å². The third kappa shape index (κ3) is 2.52. The van der Waals surface area contributed by atoms with Crippen LogP contribution in [0, 0.1) is 20.8 Å². The van der Waals surface area contributed by atoms with Crippen molar-refractivity contribution in [2.45, 2.75) is 27.7 Å². The van der Waals surface area contributed by atoms with E-state index in [1.165, 1.54) is 0 Å². The van der Waals surface area contributed by atoms with Crippen LogP contribution in [0.3, 0.4) is 0 Å². The van der Waals surface area contributed by atoms with Crippen molar-refractivity contribution in [2.75, 3.05) is 6.61 Å². The molecular weight excluding hydrogens is 258 g/mol. The van der Waals surface area contributed by atoms with Crippen molar-refractivity contribution in [1.29, 1.82) is 0 Å². The molecule has 5 heteroatoms. The Morgan fingerprint density at radius 3 is 2.55 bits per heavy atom. The number of carboxylic acid groups (broad SMARTS) is 1. The molecule has 1 heterocycles. The van der Waals surface area contributed by atoms with E-state index >= 15 is 0 Å². The van der Waals surface area contributed by atoms with Crippen molar-refractivity contribution in [3.8, 4) is 17.2 Å². The van der Waals surface area contributed by atoms with Gasteiger partial charge in [0.1, 0.15) is 5.75 Å². The van der Waals surface area contributed by atoms with Gasteiger partial charge in [-0.2, -0.15) is 0 Å². The molecule has 1 aromatic carbocycles. The Kier molecular flexibility index (Phi) is 3.79. The fourth-order valence-corrected chi connectivity index (χ4v) is 2.04. The normalized spacial score (nSPS) is 10.6. The van der Waals surface area contributed by atoms with E-state index in [-0.39, 0.29) is 5.76 Å². The van der Waals surface area contributed by atoms with Gasteiger partial charge in [-0.3, -0.25) is 0 Å². The topological polar surface area (TPSA) is 72.6 Å². The van der Waals surface area contributed by atoms with Gasteiger partial charge in [-0.25, -0.2) is 9.78 Å². The zero-order valence-electron chi connectivity index (χ0n) is 12.0. The van der Waals surface area contributed by atoms with Gasteiger partial charge in [0.2, 0.25) is 11.7 Å². The van der Waals surface area contributed by atoms with Gasteiger partial charge in [0.05, 0.1) is 12.3 Å². The highest BCUT2D eigenvalue weighted by Crippen LogP contribution is 2.30. The van der Waals surface area contributed by atoms with Crippen LogP contribution in [-0.4, -0.2) is 22.7 Å². The smallest absolute Gasteiger partial charge is 0.373 e. The lowest BCUT2D eigenvalue weighted by Gasteiger charge is -2.10. The summed E-state index contributed by atoms with van der Waals surface area (Å²) >= 11 is 0. The Morgan fingerprint density at radius 2 is 2.00 bits per heavy atom. The molecule has 0 atom stereocenters. The molecule has 2 rings (SSSR count). The zero-order chi connectivity index (χ0) is 14.9. The second-order valence-corrected chi connectivity index (χ2v) is 4.60. The third-order valence-electron chi connectivity index (χ3n) is 3.04. The molecule has 5 nitrogen and oxygen atoms in total. The Bertz CT molecular complexity index is 658. The van der Waals surface area contributed by atoms with Crippen LogP contribution in [0.1, 0.15) is 34.3 Å². The summed E-state index contributed by atoms with van der Waals surface area (Å²) < 4.78 is 10.9. The molecule has 0 radical (unpaired) electrons. The van der Waals surface area contributed by atoms with E-state index < -0.39 is 5.97 Å². The number of hydrogen-bond donors (Lipinski definition) is 1. The predicted octanol–water partition coefficient (Wildman–Crippen LogP) is 3.36. The van der Waals surface area contributed by atoms with Crippen LogP contribution in [0.2, 0.25) is 0 Å². The summed E-state index contributed by atoms with van der Waals surface area (Å²) in [4.78, 5) is 15.2. The summed E-state index contributed by atoms with van der Waals surface area (Å²) in [5.41, 5.74) is 3.04. The highest BCUT2D eigenvalue weighted by Gasteiger charge is 2.19. The van der Waals surface area contributed by atoms with Gasteiger partial charge in [-0.15, -0.1) is 0 Å². The van der Waals surface area contributed by atoms with Crippen LogP contribution in [0.15, 0.2) is 16.5 Å². The van der Waals surface area contributed by atoms with E-state index in [4.69, 9.17) is 14.3 Å². The number of aromatic nitrogens is 1. The lowest BCUT2D eigenvalue weighted by Crippen LogP contribution is -1.96. The summed E-state index contributed by atoms with van der Waals surface area (Å²) in [6, 6.07) is 3.81. The minimum Gasteiger partial charge on any atom is -0.494 e. The van der Waals surface area contributed by atoms with E-state index in [1.54, 1.807) is 6.92 Å². The average molecular weight is 275 g/mol. The number of nitrogens with zero attached hydrogens (tertiary/aromatic N) is 1. The number of aryl methyl sites for hydroxylation is 3. The molecule has 20 heavy (non-hydrogen) atoms. The lowest BCUT2D eigenvalue weighted by atomic mass is 10.0. The second-order valence-electron chi connectivity index (χ2n) is 4.60. The standard InChI is InChI=1S/C15H17NO4/c1-5-19-12-7-8(2)11(6-9(12)3)14-16-10(4)13(20-14)15(17)18/h6-7H,5H2,1-4H3,(H,17,18). The number of carbonyl (C=O) groups is 1. The Hall–Kier alpha value is -2.30. The number of ether oxygens (including phenoxy) is 1. The van der Waals surface area contributed by atoms with Crippen LogP contribution < -0.4 is 4.74 Å². The molecule has 0 saturated heterocycles. The zero-order valence-corrected chi connectivity index (χ0v) is 12.0. The largest absolute Gasteiger partial charge is 0.494 e. The molecule has 106 valence electrons. The Labute approximate surface area is 117 Å². The molecular formula is C15H17NO4. The number of rotatable bonds is 4. The van der Waals surface area contributed by atoms with Gasteiger partial charge in [0, 0.05) is 5.56 Å². The predicted molar refractivity (Wildman–Crippen MR) is 74.3 cm³/mol. The van der Waals surface area contributed by atoms with Crippen LogP contribution in [0.5, 0.6) is 5.75 Å². The SMILES string of the molecule is CCOc1cc(C)c(-c2nc(C)c(C(=O)O)o2)cc1C. The van der Waals surface area contributed by atoms with Gasteiger partial charge in [0.15, 0.2) is 0 Å². The number of hydrogen-bond acceptors (Lipinski definition) is 4. The number of benzene rings is 1. The van der Waals surface area contributed by atoms with E-state index in [1.807, 2.05) is 32.9 Å².